The van der Waals surface area contributed by atoms with Gasteiger partial charge in [0.25, 0.3) is 0 Å². The zero-order valence-electron chi connectivity index (χ0n) is 13.5. The second-order valence-corrected chi connectivity index (χ2v) is 6.36. The minimum Gasteiger partial charge on any atom is -0.449 e. The van der Waals surface area contributed by atoms with Gasteiger partial charge in [0.2, 0.25) is 17.1 Å². The molecule has 2 N–H and O–H groups in total. The molecule has 0 atom stereocenters. The van der Waals surface area contributed by atoms with Crippen molar-refractivity contribution < 1.29 is 19.0 Å². The van der Waals surface area contributed by atoms with Gasteiger partial charge in [0.1, 0.15) is 0 Å². The number of nitrogens with zero attached hydrogens (tertiary/aromatic N) is 2. The Morgan fingerprint density at radius 3 is 2.64 bits per heavy atom. The molecule has 2 aromatic rings. The van der Waals surface area contributed by atoms with Crippen LogP contribution >= 0.6 is 0 Å². The first-order valence-corrected chi connectivity index (χ1v) is 8.30. The lowest BCUT2D eigenvalue weighted by atomic mass is 10.1. The van der Waals surface area contributed by atoms with Gasteiger partial charge in [0, 0.05) is 43.3 Å². The predicted molar refractivity (Wildman–Crippen MR) is 90.2 cm³/mol. The summed E-state index contributed by atoms with van der Waals surface area (Å²) in [6.07, 6.45) is -0.117. The molecule has 1 aromatic carbocycles. The minimum absolute atomic E-state index is 0.0717. The first kappa shape index (κ1) is 15.9. The van der Waals surface area contributed by atoms with E-state index in [1.165, 1.54) is 4.57 Å². The molecule has 1 aromatic heterocycles. The predicted octanol–water partition coefficient (Wildman–Crippen LogP) is 1.94. The van der Waals surface area contributed by atoms with Crippen LogP contribution in [0.2, 0.25) is 0 Å². The quantitative estimate of drug-likeness (QED) is 0.652. The van der Waals surface area contributed by atoms with E-state index in [1.807, 2.05) is 12.1 Å². The largest absolute Gasteiger partial charge is 0.511 e. The van der Waals surface area contributed by atoms with E-state index < -0.39 is 23.3 Å². The van der Waals surface area contributed by atoms with Crippen LogP contribution in [0.3, 0.4) is 0 Å². The maximum atomic E-state index is 14.8. The van der Waals surface area contributed by atoms with Crippen molar-refractivity contribution in [2.24, 2.45) is 0 Å². The molecule has 0 amide bonds. The molecule has 0 unspecified atom stereocenters. The molecule has 7 nitrogen and oxygen atoms in total. The Labute approximate surface area is 142 Å². The number of piperazine rings is 1. The van der Waals surface area contributed by atoms with Crippen molar-refractivity contribution in [3.8, 4) is 5.75 Å². The lowest BCUT2D eigenvalue weighted by Gasteiger charge is -2.30. The number of fused-ring (bicyclic) bond motifs is 1. The second-order valence-electron chi connectivity index (χ2n) is 6.36. The Kier molecular flexibility index (Phi) is 3.84. The molecule has 1 aliphatic heterocycles. The number of nitrogens with one attached hydrogen (secondary N) is 1. The van der Waals surface area contributed by atoms with Crippen LogP contribution in [-0.2, 0) is 0 Å². The number of carboxylic acid groups (broad SMARTS) is 1. The van der Waals surface area contributed by atoms with Gasteiger partial charge in [-0.15, -0.1) is 0 Å². The van der Waals surface area contributed by atoms with Gasteiger partial charge in [0.15, 0.2) is 0 Å². The average molecular weight is 347 g/mol. The summed E-state index contributed by atoms with van der Waals surface area (Å²) in [5.41, 5.74) is 0.673. The van der Waals surface area contributed by atoms with E-state index in [1.54, 1.807) is 6.07 Å². The minimum atomic E-state index is -1.70. The molecule has 4 rings (SSSR count). The first-order valence-electron chi connectivity index (χ1n) is 8.30. The highest BCUT2D eigenvalue weighted by molar-refractivity contribution is 5.85. The van der Waals surface area contributed by atoms with Crippen molar-refractivity contribution in [2.45, 2.75) is 18.9 Å². The Bertz CT molecular complexity index is 901. The topological polar surface area (TPSA) is 83.8 Å². The van der Waals surface area contributed by atoms with E-state index in [-0.39, 0.29) is 11.4 Å². The second kappa shape index (κ2) is 6.03. The van der Waals surface area contributed by atoms with Gasteiger partial charge < -0.3 is 24.6 Å². The zero-order chi connectivity index (χ0) is 17.6. The summed E-state index contributed by atoms with van der Waals surface area (Å²) in [4.78, 5) is 25.5. The molecule has 0 spiro atoms. The third-order valence-electron chi connectivity index (χ3n) is 4.67. The van der Waals surface area contributed by atoms with E-state index in [0.717, 1.165) is 44.7 Å². The number of pyridine rings is 1. The molecule has 2 heterocycles. The number of rotatable bonds is 3. The van der Waals surface area contributed by atoms with Gasteiger partial charge in [-0.2, -0.15) is 4.39 Å². The maximum Gasteiger partial charge on any atom is 0.511 e. The number of hydrogen-bond acceptors (Lipinski definition) is 5. The Morgan fingerprint density at radius 2 is 2.00 bits per heavy atom. The van der Waals surface area contributed by atoms with Crippen LogP contribution in [0.5, 0.6) is 5.75 Å². The Balaban J connectivity index is 1.90. The number of carbonyl (C=O) groups is 1. The fourth-order valence-corrected chi connectivity index (χ4v) is 3.33. The average Bonchev–Trinajstić information content (AvgIpc) is 3.44. The van der Waals surface area contributed by atoms with Crippen LogP contribution in [0.4, 0.5) is 14.9 Å². The van der Waals surface area contributed by atoms with Crippen molar-refractivity contribution in [1.29, 1.82) is 0 Å². The molecule has 2 aliphatic rings. The lowest BCUT2D eigenvalue weighted by molar-refractivity contribution is 0.141. The number of aromatic nitrogens is 1. The van der Waals surface area contributed by atoms with Crippen LogP contribution in [0.15, 0.2) is 23.0 Å². The standard InChI is InChI=1S/C17H18FN3O4/c18-16-15(25-17(23)24)14(22)12-4-3-11(20-7-5-19-6-8-20)9-13(12)21(16)10-1-2-10/h3-4,9-10,19H,1-2,5-8H2,(H,23,24). The first-order chi connectivity index (χ1) is 12.1. The van der Waals surface area contributed by atoms with E-state index >= 15 is 0 Å². The molecule has 25 heavy (non-hydrogen) atoms. The molecule has 1 saturated carbocycles. The van der Waals surface area contributed by atoms with E-state index in [0.29, 0.717) is 5.52 Å². The van der Waals surface area contributed by atoms with Crippen molar-refractivity contribution in [1.82, 2.24) is 9.88 Å². The molecular weight excluding hydrogens is 329 g/mol. The van der Waals surface area contributed by atoms with Gasteiger partial charge >= 0.3 is 6.16 Å². The van der Waals surface area contributed by atoms with Gasteiger partial charge in [-0.05, 0) is 31.0 Å². The summed E-state index contributed by atoms with van der Waals surface area (Å²) in [7, 11) is 0. The van der Waals surface area contributed by atoms with Gasteiger partial charge in [0.05, 0.1) is 5.52 Å². The number of anilines is 1. The van der Waals surface area contributed by atoms with Gasteiger partial charge in [-0.1, -0.05) is 0 Å². The van der Waals surface area contributed by atoms with E-state index in [2.05, 4.69) is 15.0 Å². The number of benzene rings is 1. The van der Waals surface area contributed by atoms with Crippen molar-refractivity contribution >= 4 is 22.7 Å². The fraction of sp³-hybridized carbons (Fsp3) is 0.412. The van der Waals surface area contributed by atoms with Crippen LogP contribution in [-0.4, -0.2) is 42.0 Å². The highest BCUT2D eigenvalue weighted by atomic mass is 19.1. The molecule has 0 bridgehead atoms. The number of ether oxygens (including phenoxy) is 1. The van der Waals surface area contributed by atoms with Crippen molar-refractivity contribution in [2.75, 3.05) is 31.1 Å². The van der Waals surface area contributed by atoms with Crippen LogP contribution in [0.1, 0.15) is 18.9 Å². The van der Waals surface area contributed by atoms with Crippen LogP contribution < -0.4 is 20.4 Å². The summed E-state index contributed by atoms with van der Waals surface area (Å²) in [5, 5.41) is 12.3. The maximum absolute atomic E-state index is 14.8. The van der Waals surface area contributed by atoms with E-state index in [9.17, 15) is 14.0 Å². The SMILES string of the molecule is O=C(O)Oc1c(F)n(C2CC2)c2cc(N3CCNCC3)ccc2c1=O. The number of halogens is 1. The normalized spacial score (nSPS) is 17.7. The Morgan fingerprint density at radius 1 is 1.28 bits per heavy atom. The molecule has 0 radical (unpaired) electrons. The smallest absolute Gasteiger partial charge is 0.449 e. The van der Waals surface area contributed by atoms with Crippen molar-refractivity contribution in [3.05, 3.63) is 34.4 Å². The molecule has 8 heteroatoms. The van der Waals surface area contributed by atoms with Crippen LogP contribution in [0.25, 0.3) is 10.9 Å². The Hall–Kier alpha value is -2.61. The van der Waals surface area contributed by atoms with Gasteiger partial charge in [-0.3, -0.25) is 4.79 Å². The van der Waals surface area contributed by atoms with Gasteiger partial charge in [-0.25, -0.2) is 4.79 Å². The lowest BCUT2D eigenvalue weighted by Crippen LogP contribution is -2.43. The molecular formula is C17H18FN3O4. The summed E-state index contributed by atoms with van der Waals surface area (Å²) >= 11 is 0. The highest BCUT2D eigenvalue weighted by Gasteiger charge is 2.31. The summed E-state index contributed by atoms with van der Waals surface area (Å²) in [6.45, 7) is 3.41. The molecule has 1 aliphatic carbocycles. The molecule has 1 saturated heterocycles. The summed E-state index contributed by atoms with van der Waals surface area (Å²) < 4.78 is 20.7. The monoisotopic (exact) mass is 347 g/mol. The number of hydrogen-bond donors (Lipinski definition) is 2. The molecule has 2 fully saturated rings. The van der Waals surface area contributed by atoms with E-state index in [4.69, 9.17) is 5.11 Å². The van der Waals surface area contributed by atoms with Crippen molar-refractivity contribution in [3.63, 3.8) is 0 Å². The summed E-state index contributed by atoms with van der Waals surface area (Å²) in [5.74, 6) is -1.67. The zero-order valence-corrected chi connectivity index (χ0v) is 13.5. The third kappa shape index (κ3) is 2.82. The summed E-state index contributed by atoms with van der Waals surface area (Å²) in [6, 6.07) is 5.18. The highest BCUT2D eigenvalue weighted by Crippen LogP contribution is 2.39. The molecule has 132 valence electrons. The fourth-order valence-electron chi connectivity index (χ4n) is 3.33. The third-order valence-corrected chi connectivity index (χ3v) is 4.67. The van der Waals surface area contributed by atoms with Crippen LogP contribution in [0, 0.1) is 5.95 Å².